The van der Waals surface area contributed by atoms with Crippen molar-refractivity contribution in [1.29, 1.82) is 0 Å². The van der Waals surface area contributed by atoms with Crippen LogP contribution in [0.2, 0.25) is 0 Å². The zero-order chi connectivity index (χ0) is 29.1. The van der Waals surface area contributed by atoms with Gasteiger partial charge in [0, 0.05) is 45.0 Å². The topological polar surface area (TPSA) is 69.2 Å². The molecule has 2 rings (SSSR count). The minimum atomic E-state index is -0.247. The molecule has 1 unspecified atom stereocenters. The van der Waals surface area contributed by atoms with Crippen molar-refractivity contribution in [1.82, 2.24) is 19.8 Å². The molecule has 0 amide bonds. The summed E-state index contributed by atoms with van der Waals surface area (Å²) in [5, 5.41) is 0. The van der Waals surface area contributed by atoms with Crippen LogP contribution in [0.1, 0.15) is 110 Å². The summed E-state index contributed by atoms with van der Waals surface area (Å²) < 4.78 is 23.4. The van der Waals surface area contributed by atoms with Gasteiger partial charge in [-0.15, -0.1) is 0 Å². The molecule has 0 spiro atoms. The first-order valence-electron chi connectivity index (χ1n) is 16.6. The highest BCUT2D eigenvalue weighted by atomic mass is 16.6. The Morgan fingerprint density at radius 2 is 1.20 bits per heavy atom. The van der Waals surface area contributed by atoms with Gasteiger partial charge in [-0.05, 0) is 12.5 Å². The number of hydrogen-bond donors (Lipinski definition) is 0. The van der Waals surface area contributed by atoms with Crippen molar-refractivity contribution < 1.29 is 18.9 Å². The Morgan fingerprint density at radius 1 is 0.659 bits per heavy atom. The summed E-state index contributed by atoms with van der Waals surface area (Å²) in [6.07, 6.45) is 29.2. The smallest absolute Gasteiger partial charge is 0.316 e. The zero-order valence-corrected chi connectivity index (χ0v) is 26.4. The third-order valence-corrected chi connectivity index (χ3v) is 7.40. The Balaban J connectivity index is 1.41. The Bertz CT molecular complexity index is 724. The van der Waals surface area contributed by atoms with E-state index in [4.69, 9.17) is 18.9 Å². The van der Waals surface area contributed by atoms with Crippen molar-refractivity contribution in [3.8, 4) is 6.01 Å². The maximum Gasteiger partial charge on any atom is 0.316 e. The lowest BCUT2D eigenvalue weighted by molar-refractivity contribution is -0.0260. The summed E-state index contributed by atoms with van der Waals surface area (Å²) in [6.45, 7) is 7.47. The van der Waals surface area contributed by atoms with E-state index in [1.54, 1.807) is 18.5 Å². The standard InChI is InChI=1S/C33H60N4O4/c1-3-4-5-6-7-8-9-10-11-12-13-14-15-16-17-18-25-39-29-32(41-33-34-20-19-21-35-33)30-40-28-27-38-26-24-37-23-22-36(2)31-37/h19-23,32H,3-18,24-31H2,1-2H3. The Kier molecular flexibility index (Phi) is 22.2. The fourth-order valence-corrected chi connectivity index (χ4v) is 4.93. The Morgan fingerprint density at radius 3 is 1.76 bits per heavy atom. The Hall–Kier alpha value is -1.90. The number of unbranched alkanes of at least 4 members (excludes halogenated alkanes) is 15. The normalized spacial score (nSPS) is 13.8. The molecular formula is C33H60N4O4. The van der Waals surface area contributed by atoms with Gasteiger partial charge in [-0.25, -0.2) is 9.97 Å². The number of rotatable bonds is 29. The molecular weight excluding hydrogens is 516 g/mol. The minimum Gasteiger partial charge on any atom is -0.455 e. The van der Waals surface area contributed by atoms with Gasteiger partial charge >= 0.3 is 6.01 Å². The van der Waals surface area contributed by atoms with E-state index in [0.29, 0.717) is 39.0 Å². The average molecular weight is 577 g/mol. The van der Waals surface area contributed by atoms with Gasteiger partial charge in [0.1, 0.15) is 6.10 Å². The third kappa shape index (κ3) is 20.6. The number of hydrogen-bond acceptors (Lipinski definition) is 8. The molecule has 0 aliphatic carbocycles. The maximum atomic E-state index is 5.94. The van der Waals surface area contributed by atoms with Crippen LogP contribution in [0.25, 0.3) is 0 Å². The van der Waals surface area contributed by atoms with Crippen molar-refractivity contribution in [2.45, 2.75) is 116 Å². The van der Waals surface area contributed by atoms with Crippen LogP contribution in [-0.4, -0.2) is 85.8 Å². The fraction of sp³-hybridized carbons (Fsp3) is 0.818. The third-order valence-electron chi connectivity index (χ3n) is 7.40. The van der Waals surface area contributed by atoms with E-state index in [2.05, 4.69) is 46.1 Å². The summed E-state index contributed by atoms with van der Waals surface area (Å²) in [7, 11) is 2.06. The average Bonchev–Trinajstić information content (AvgIpc) is 3.41. The van der Waals surface area contributed by atoms with E-state index >= 15 is 0 Å². The molecule has 8 heteroatoms. The highest BCUT2D eigenvalue weighted by Crippen LogP contribution is 2.14. The largest absolute Gasteiger partial charge is 0.455 e. The van der Waals surface area contributed by atoms with E-state index in [1.165, 1.54) is 96.3 Å². The van der Waals surface area contributed by atoms with Gasteiger partial charge in [0.15, 0.2) is 0 Å². The quantitative estimate of drug-likeness (QED) is 0.0927. The van der Waals surface area contributed by atoms with E-state index < -0.39 is 0 Å². The highest BCUT2D eigenvalue weighted by molar-refractivity contribution is 4.94. The molecule has 0 aromatic carbocycles. The monoisotopic (exact) mass is 576 g/mol. The molecule has 1 aromatic heterocycles. The maximum absolute atomic E-state index is 5.94. The summed E-state index contributed by atoms with van der Waals surface area (Å²) in [6, 6.07) is 2.13. The van der Waals surface area contributed by atoms with E-state index in [0.717, 1.165) is 26.2 Å². The minimum absolute atomic E-state index is 0.247. The second-order valence-electron chi connectivity index (χ2n) is 11.3. The first-order valence-corrected chi connectivity index (χ1v) is 16.6. The van der Waals surface area contributed by atoms with Crippen molar-refractivity contribution in [2.75, 3.05) is 59.9 Å². The molecule has 0 saturated carbocycles. The zero-order valence-electron chi connectivity index (χ0n) is 26.4. The predicted octanol–water partition coefficient (Wildman–Crippen LogP) is 7.21. The van der Waals surface area contributed by atoms with Crippen molar-refractivity contribution >= 4 is 0 Å². The van der Waals surface area contributed by atoms with E-state index in [-0.39, 0.29) is 6.10 Å². The molecule has 1 aliphatic rings. The van der Waals surface area contributed by atoms with Gasteiger partial charge in [0.25, 0.3) is 0 Å². The van der Waals surface area contributed by atoms with Crippen LogP contribution < -0.4 is 4.74 Å². The lowest BCUT2D eigenvalue weighted by atomic mass is 10.0. The lowest BCUT2D eigenvalue weighted by Crippen LogP contribution is -2.30. The van der Waals surface area contributed by atoms with Crippen LogP contribution in [0.4, 0.5) is 0 Å². The van der Waals surface area contributed by atoms with E-state index in [9.17, 15) is 0 Å². The van der Waals surface area contributed by atoms with Crippen LogP contribution in [0.5, 0.6) is 6.01 Å². The van der Waals surface area contributed by atoms with Crippen molar-refractivity contribution in [2.24, 2.45) is 0 Å². The van der Waals surface area contributed by atoms with Crippen LogP contribution in [0.15, 0.2) is 30.9 Å². The summed E-state index contributed by atoms with van der Waals surface area (Å²) in [5.74, 6) is 0. The number of aromatic nitrogens is 2. The first-order chi connectivity index (χ1) is 20.3. The van der Waals surface area contributed by atoms with Crippen molar-refractivity contribution in [3.05, 3.63) is 30.9 Å². The summed E-state index contributed by atoms with van der Waals surface area (Å²) in [4.78, 5) is 12.7. The van der Waals surface area contributed by atoms with Gasteiger partial charge in [-0.3, -0.25) is 0 Å². The second-order valence-corrected chi connectivity index (χ2v) is 11.3. The molecule has 236 valence electrons. The molecule has 1 aliphatic heterocycles. The van der Waals surface area contributed by atoms with Crippen LogP contribution in [0.3, 0.4) is 0 Å². The molecule has 41 heavy (non-hydrogen) atoms. The second kappa shape index (κ2) is 25.8. The molecule has 0 bridgehead atoms. The molecule has 0 saturated heterocycles. The van der Waals surface area contributed by atoms with Gasteiger partial charge in [-0.1, -0.05) is 103 Å². The molecule has 8 nitrogen and oxygen atoms in total. The molecule has 0 N–H and O–H groups in total. The predicted molar refractivity (Wildman–Crippen MR) is 167 cm³/mol. The fourth-order valence-electron chi connectivity index (χ4n) is 4.93. The van der Waals surface area contributed by atoms with Gasteiger partial charge in [0.05, 0.1) is 39.7 Å². The van der Waals surface area contributed by atoms with E-state index in [1.807, 2.05) is 0 Å². The number of nitrogens with zero attached hydrogens (tertiary/aromatic N) is 4. The van der Waals surface area contributed by atoms with Crippen LogP contribution in [-0.2, 0) is 14.2 Å². The molecule has 0 radical (unpaired) electrons. The number of ether oxygens (including phenoxy) is 4. The first kappa shape index (κ1) is 35.3. The summed E-state index contributed by atoms with van der Waals surface area (Å²) in [5.41, 5.74) is 0. The molecule has 2 heterocycles. The SMILES string of the molecule is CCCCCCCCCCCCCCCCCCOCC(COCCOCCN1C=CN(C)C1)Oc1ncccn1. The summed E-state index contributed by atoms with van der Waals surface area (Å²) >= 11 is 0. The highest BCUT2D eigenvalue weighted by Gasteiger charge is 2.13. The van der Waals surface area contributed by atoms with Crippen LogP contribution >= 0.6 is 0 Å². The molecule has 0 fully saturated rings. The van der Waals surface area contributed by atoms with Crippen LogP contribution in [0, 0.1) is 0 Å². The lowest BCUT2D eigenvalue weighted by Gasteiger charge is -2.19. The molecule has 1 aromatic rings. The van der Waals surface area contributed by atoms with Gasteiger partial charge < -0.3 is 28.7 Å². The van der Waals surface area contributed by atoms with Gasteiger partial charge in [-0.2, -0.15) is 0 Å². The molecule has 1 atom stereocenters. The van der Waals surface area contributed by atoms with Gasteiger partial charge in [0.2, 0.25) is 0 Å². The van der Waals surface area contributed by atoms with Crippen molar-refractivity contribution in [3.63, 3.8) is 0 Å². The Labute approximate surface area is 251 Å².